The number of carbonyl (C=O) groups is 1. The molecular formula is C12H12N4O3. The van der Waals surface area contributed by atoms with E-state index in [1.54, 1.807) is 25.2 Å². The fourth-order valence-electron chi connectivity index (χ4n) is 1.83. The summed E-state index contributed by atoms with van der Waals surface area (Å²) in [5, 5.41) is 6.66. The maximum absolute atomic E-state index is 12.1. The van der Waals surface area contributed by atoms with E-state index < -0.39 is 0 Å². The molecule has 0 atom stereocenters. The lowest BCUT2D eigenvalue weighted by Crippen LogP contribution is -2.15. The molecule has 2 aromatic rings. The molecule has 0 saturated carbocycles. The van der Waals surface area contributed by atoms with E-state index in [9.17, 15) is 4.79 Å². The summed E-state index contributed by atoms with van der Waals surface area (Å²) >= 11 is 0. The number of nitrogens with two attached hydrogens (primary N) is 1. The van der Waals surface area contributed by atoms with E-state index >= 15 is 0 Å². The van der Waals surface area contributed by atoms with Gasteiger partial charge in [0.15, 0.2) is 17.3 Å². The molecule has 7 heteroatoms. The van der Waals surface area contributed by atoms with Crippen LogP contribution in [0, 0.1) is 0 Å². The number of nitrogen functional groups attached to an aromatic ring is 1. The van der Waals surface area contributed by atoms with Gasteiger partial charge in [0, 0.05) is 12.6 Å². The monoisotopic (exact) mass is 260 g/mol. The number of anilines is 2. The molecule has 3 N–H and O–H groups in total. The summed E-state index contributed by atoms with van der Waals surface area (Å²) in [6.45, 7) is 0.176. The van der Waals surface area contributed by atoms with Crippen LogP contribution in [0.25, 0.3) is 0 Å². The molecule has 0 radical (unpaired) electrons. The SMILES string of the molecule is Cn1ncc(N)c1NC(=O)c1ccc2c(c1)OCO2. The van der Waals surface area contributed by atoms with Crippen molar-refractivity contribution < 1.29 is 14.3 Å². The Labute approximate surface area is 108 Å². The van der Waals surface area contributed by atoms with Crippen LogP contribution >= 0.6 is 0 Å². The van der Waals surface area contributed by atoms with Gasteiger partial charge in [0.05, 0.1) is 11.9 Å². The fourth-order valence-corrected chi connectivity index (χ4v) is 1.83. The van der Waals surface area contributed by atoms with Crippen LogP contribution in [0.5, 0.6) is 11.5 Å². The third-order valence-electron chi connectivity index (χ3n) is 2.83. The Morgan fingerprint density at radius 2 is 2.21 bits per heavy atom. The maximum Gasteiger partial charge on any atom is 0.257 e. The van der Waals surface area contributed by atoms with Gasteiger partial charge in [-0.2, -0.15) is 5.10 Å². The van der Waals surface area contributed by atoms with E-state index in [0.29, 0.717) is 28.6 Å². The molecule has 7 nitrogen and oxygen atoms in total. The molecule has 1 aromatic heterocycles. The molecule has 2 heterocycles. The highest BCUT2D eigenvalue weighted by Gasteiger charge is 2.17. The predicted molar refractivity (Wildman–Crippen MR) is 68.1 cm³/mol. The first-order chi connectivity index (χ1) is 9.15. The molecule has 0 bridgehead atoms. The normalized spacial score (nSPS) is 12.5. The number of aromatic nitrogens is 2. The average molecular weight is 260 g/mol. The molecule has 98 valence electrons. The summed E-state index contributed by atoms with van der Waals surface area (Å²) in [5.41, 5.74) is 6.59. The topological polar surface area (TPSA) is 91.4 Å². The minimum absolute atomic E-state index is 0.176. The smallest absolute Gasteiger partial charge is 0.257 e. The van der Waals surface area contributed by atoms with Crippen molar-refractivity contribution in [2.24, 2.45) is 7.05 Å². The summed E-state index contributed by atoms with van der Waals surface area (Å²) in [4.78, 5) is 12.1. The molecule has 0 fully saturated rings. The molecule has 1 aliphatic rings. The number of hydrogen-bond donors (Lipinski definition) is 2. The number of aryl methyl sites for hydroxylation is 1. The quantitative estimate of drug-likeness (QED) is 0.840. The zero-order valence-corrected chi connectivity index (χ0v) is 10.2. The molecule has 0 aliphatic carbocycles. The molecular weight excluding hydrogens is 248 g/mol. The predicted octanol–water partition coefficient (Wildman–Crippen LogP) is 0.983. The number of benzene rings is 1. The van der Waals surface area contributed by atoms with Crippen LogP contribution in [-0.4, -0.2) is 22.5 Å². The first-order valence-electron chi connectivity index (χ1n) is 5.63. The van der Waals surface area contributed by atoms with Crippen LogP contribution in [0.1, 0.15) is 10.4 Å². The highest BCUT2D eigenvalue weighted by Crippen LogP contribution is 2.32. The minimum Gasteiger partial charge on any atom is -0.454 e. The third-order valence-corrected chi connectivity index (χ3v) is 2.83. The van der Waals surface area contributed by atoms with Gasteiger partial charge in [-0.25, -0.2) is 0 Å². The van der Waals surface area contributed by atoms with Crippen LogP contribution in [0.3, 0.4) is 0 Å². The number of hydrogen-bond acceptors (Lipinski definition) is 5. The Morgan fingerprint density at radius 1 is 1.42 bits per heavy atom. The Kier molecular flexibility index (Phi) is 2.52. The van der Waals surface area contributed by atoms with Crippen molar-refractivity contribution in [2.45, 2.75) is 0 Å². The lowest BCUT2D eigenvalue weighted by Gasteiger charge is -2.07. The summed E-state index contributed by atoms with van der Waals surface area (Å²) in [6.07, 6.45) is 1.48. The van der Waals surface area contributed by atoms with Gasteiger partial charge in [0.25, 0.3) is 5.91 Å². The number of fused-ring (bicyclic) bond motifs is 1. The Balaban J connectivity index is 1.85. The van der Waals surface area contributed by atoms with Gasteiger partial charge in [-0.3, -0.25) is 9.48 Å². The molecule has 1 aromatic carbocycles. The van der Waals surface area contributed by atoms with Crippen molar-refractivity contribution in [2.75, 3.05) is 17.8 Å². The first kappa shape index (κ1) is 11.4. The van der Waals surface area contributed by atoms with Gasteiger partial charge >= 0.3 is 0 Å². The number of rotatable bonds is 2. The third kappa shape index (κ3) is 1.95. The van der Waals surface area contributed by atoms with E-state index in [2.05, 4.69) is 10.4 Å². The van der Waals surface area contributed by atoms with Crippen LogP contribution in [0.2, 0.25) is 0 Å². The van der Waals surface area contributed by atoms with Gasteiger partial charge in [0.1, 0.15) is 0 Å². The van der Waals surface area contributed by atoms with Gasteiger partial charge in [-0.1, -0.05) is 0 Å². The van der Waals surface area contributed by atoms with Crippen molar-refractivity contribution in [1.82, 2.24) is 9.78 Å². The van der Waals surface area contributed by atoms with Crippen LogP contribution < -0.4 is 20.5 Å². The number of ether oxygens (including phenoxy) is 2. The minimum atomic E-state index is -0.284. The zero-order valence-electron chi connectivity index (χ0n) is 10.2. The van der Waals surface area contributed by atoms with Crippen LogP contribution in [-0.2, 0) is 7.05 Å². The fraction of sp³-hybridized carbons (Fsp3) is 0.167. The molecule has 0 spiro atoms. The van der Waals surface area contributed by atoms with Crippen LogP contribution in [0.15, 0.2) is 24.4 Å². The summed E-state index contributed by atoms with van der Waals surface area (Å²) in [7, 11) is 1.70. The second-order valence-electron chi connectivity index (χ2n) is 4.09. The molecule has 19 heavy (non-hydrogen) atoms. The summed E-state index contributed by atoms with van der Waals surface area (Å²) < 4.78 is 11.9. The van der Waals surface area contributed by atoms with E-state index in [0.717, 1.165) is 0 Å². The van der Waals surface area contributed by atoms with Gasteiger partial charge < -0.3 is 20.5 Å². The zero-order chi connectivity index (χ0) is 13.4. The highest BCUT2D eigenvalue weighted by atomic mass is 16.7. The maximum atomic E-state index is 12.1. The van der Waals surface area contributed by atoms with Gasteiger partial charge in [0.2, 0.25) is 6.79 Å². The summed E-state index contributed by atoms with van der Waals surface area (Å²) in [6, 6.07) is 4.99. The van der Waals surface area contributed by atoms with Crippen molar-refractivity contribution in [3.63, 3.8) is 0 Å². The molecule has 0 unspecified atom stereocenters. The van der Waals surface area contributed by atoms with Gasteiger partial charge in [-0.15, -0.1) is 0 Å². The van der Waals surface area contributed by atoms with E-state index in [1.165, 1.54) is 10.9 Å². The number of carbonyl (C=O) groups excluding carboxylic acids is 1. The lowest BCUT2D eigenvalue weighted by molar-refractivity contribution is 0.102. The van der Waals surface area contributed by atoms with Crippen molar-refractivity contribution in [1.29, 1.82) is 0 Å². The standard InChI is InChI=1S/C12H12N4O3/c1-16-11(8(13)5-14-16)15-12(17)7-2-3-9-10(4-7)19-6-18-9/h2-5H,6,13H2,1H3,(H,15,17). The lowest BCUT2D eigenvalue weighted by atomic mass is 10.2. The Hall–Kier alpha value is -2.70. The van der Waals surface area contributed by atoms with Gasteiger partial charge in [-0.05, 0) is 18.2 Å². The Morgan fingerprint density at radius 3 is 2.95 bits per heavy atom. The molecule has 1 amide bonds. The first-order valence-corrected chi connectivity index (χ1v) is 5.63. The van der Waals surface area contributed by atoms with E-state index in [4.69, 9.17) is 15.2 Å². The molecule has 1 aliphatic heterocycles. The second kappa shape index (κ2) is 4.20. The average Bonchev–Trinajstić information content (AvgIpc) is 2.99. The van der Waals surface area contributed by atoms with E-state index in [1.807, 2.05) is 0 Å². The number of amides is 1. The largest absolute Gasteiger partial charge is 0.454 e. The van der Waals surface area contributed by atoms with Crippen molar-refractivity contribution >= 4 is 17.4 Å². The number of nitrogens with one attached hydrogen (secondary N) is 1. The second-order valence-corrected chi connectivity index (χ2v) is 4.09. The van der Waals surface area contributed by atoms with Crippen LogP contribution in [0.4, 0.5) is 11.5 Å². The summed E-state index contributed by atoms with van der Waals surface area (Å²) in [5.74, 6) is 1.37. The number of nitrogens with zero attached hydrogens (tertiary/aromatic N) is 2. The molecule has 0 saturated heterocycles. The van der Waals surface area contributed by atoms with Crippen molar-refractivity contribution in [3.05, 3.63) is 30.0 Å². The van der Waals surface area contributed by atoms with Crippen molar-refractivity contribution in [3.8, 4) is 11.5 Å². The van der Waals surface area contributed by atoms with E-state index in [-0.39, 0.29) is 12.7 Å². The highest BCUT2D eigenvalue weighted by molar-refractivity contribution is 6.05. The Bertz CT molecular complexity index is 631. The molecule has 3 rings (SSSR count).